The first-order valence-corrected chi connectivity index (χ1v) is 6.25. The minimum atomic E-state index is -0.558. The third-order valence-corrected chi connectivity index (χ3v) is 3.87. The number of rotatable bonds is 2. The van der Waals surface area contributed by atoms with Crippen LogP contribution in [0.15, 0.2) is 45.8 Å². The molecule has 1 atom stereocenters. The SMILES string of the molecule is CC1(c2ccc(C(N)=O)cc2)N=NC2=C1CN(C#N)C2. The van der Waals surface area contributed by atoms with E-state index in [-0.39, 0.29) is 0 Å². The molecule has 1 aromatic rings. The average Bonchev–Trinajstić information content (AvgIpc) is 3.00. The van der Waals surface area contributed by atoms with E-state index < -0.39 is 11.4 Å². The first kappa shape index (κ1) is 12.4. The van der Waals surface area contributed by atoms with Crippen LogP contribution in [0.2, 0.25) is 0 Å². The van der Waals surface area contributed by atoms with Gasteiger partial charge in [-0.25, -0.2) is 0 Å². The second-order valence-corrected chi connectivity index (χ2v) is 5.10. The van der Waals surface area contributed by atoms with Gasteiger partial charge in [-0.05, 0) is 24.6 Å². The minimum Gasteiger partial charge on any atom is -0.366 e. The maximum absolute atomic E-state index is 11.1. The summed E-state index contributed by atoms with van der Waals surface area (Å²) in [5.41, 5.74) is 8.00. The predicted molar refractivity (Wildman–Crippen MR) is 71.4 cm³/mol. The molecule has 0 aromatic heterocycles. The van der Waals surface area contributed by atoms with Gasteiger partial charge in [0.1, 0.15) is 5.54 Å². The molecule has 2 aliphatic rings. The number of carbonyl (C=O) groups is 1. The van der Waals surface area contributed by atoms with E-state index in [2.05, 4.69) is 16.4 Å². The number of nitrogens with zero attached hydrogens (tertiary/aromatic N) is 4. The highest BCUT2D eigenvalue weighted by molar-refractivity contribution is 5.92. The molecule has 1 aromatic carbocycles. The van der Waals surface area contributed by atoms with E-state index in [1.807, 2.05) is 19.1 Å². The Labute approximate surface area is 116 Å². The first-order chi connectivity index (χ1) is 9.54. The lowest BCUT2D eigenvalue weighted by atomic mass is 9.85. The van der Waals surface area contributed by atoms with Crippen molar-refractivity contribution in [1.29, 1.82) is 5.26 Å². The van der Waals surface area contributed by atoms with Crippen molar-refractivity contribution in [1.82, 2.24) is 4.90 Å². The fourth-order valence-corrected chi connectivity index (χ4v) is 2.62. The lowest BCUT2D eigenvalue weighted by Gasteiger charge is -2.24. The molecular formula is C14H13N5O. The molecule has 0 radical (unpaired) electrons. The summed E-state index contributed by atoms with van der Waals surface area (Å²) in [6, 6.07) is 7.05. The van der Waals surface area contributed by atoms with Gasteiger partial charge in [0, 0.05) is 11.1 Å². The second-order valence-electron chi connectivity index (χ2n) is 5.10. The van der Waals surface area contributed by atoms with Crippen molar-refractivity contribution in [3.05, 3.63) is 46.7 Å². The van der Waals surface area contributed by atoms with Gasteiger partial charge in [-0.2, -0.15) is 15.5 Å². The van der Waals surface area contributed by atoms with Gasteiger partial charge in [0.15, 0.2) is 6.19 Å². The number of hydrogen-bond donors (Lipinski definition) is 1. The fraction of sp³-hybridized carbons (Fsp3) is 0.286. The Morgan fingerprint density at radius 1 is 1.40 bits per heavy atom. The van der Waals surface area contributed by atoms with Crippen molar-refractivity contribution in [2.75, 3.05) is 13.1 Å². The van der Waals surface area contributed by atoms with E-state index in [1.54, 1.807) is 17.0 Å². The third-order valence-electron chi connectivity index (χ3n) is 3.87. The smallest absolute Gasteiger partial charge is 0.248 e. The normalized spacial score (nSPS) is 23.9. The first-order valence-electron chi connectivity index (χ1n) is 6.25. The topological polar surface area (TPSA) is 94.8 Å². The van der Waals surface area contributed by atoms with Crippen LogP contribution in [0.1, 0.15) is 22.8 Å². The van der Waals surface area contributed by atoms with Crippen LogP contribution in [0.4, 0.5) is 0 Å². The molecule has 0 saturated carbocycles. The molecule has 0 spiro atoms. The van der Waals surface area contributed by atoms with Crippen molar-refractivity contribution in [2.24, 2.45) is 16.0 Å². The number of primary amides is 1. The summed E-state index contributed by atoms with van der Waals surface area (Å²) in [4.78, 5) is 12.8. The van der Waals surface area contributed by atoms with Crippen LogP contribution >= 0.6 is 0 Å². The molecule has 6 heteroatoms. The lowest BCUT2D eigenvalue weighted by Crippen LogP contribution is -2.25. The molecule has 100 valence electrons. The predicted octanol–water partition coefficient (Wildman–Crippen LogP) is 1.52. The summed E-state index contributed by atoms with van der Waals surface area (Å²) in [5, 5.41) is 17.6. The number of nitriles is 1. The quantitative estimate of drug-likeness (QED) is 0.823. The van der Waals surface area contributed by atoms with Crippen molar-refractivity contribution in [3.8, 4) is 6.19 Å². The Kier molecular flexibility index (Phi) is 2.57. The summed E-state index contributed by atoms with van der Waals surface area (Å²) >= 11 is 0. The summed E-state index contributed by atoms with van der Waals surface area (Å²) in [6.07, 6.45) is 2.13. The molecule has 0 fully saturated rings. The molecule has 20 heavy (non-hydrogen) atoms. The molecule has 0 saturated heterocycles. The largest absolute Gasteiger partial charge is 0.366 e. The highest BCUT2D eigenvalue weighted by Crippen LogP contribution is 2.43. The Morgan fingerprint density at radius 3 is 2.70 bits per heavy atom. The number of nitrogens with two attached hydrogens (primary N) is 1. The minimum absolute atomic E-state index is 0.453. The van der Waals surface area contributed by atoms with Crippen LogP contribution in [0.3, 0.4) is 0 Å². The summed E-state index contributed by atoms with van der Waals surface area (Å²) in [7, 11) is 0. The van der Waals surface area contributed by atoms with Crippen LogP contribution in [-0.2, 0) is 5.54 Å². The molecule has 2 aliphatic heterocycles. The zero-order chi connectivity index (χ0) is 14.3. The third kappa shape index (κ3) is 1.67. The summed E-state index contributed by atoms with van der Waals surface area (Å²) in [5.74, 6) is -0.453. The van der Waals surface area contributed by atoms with Gasteiger partial charge in [-0.3, -0.25) is 4.79 Å². The Hall–Kier alpha value is -2.68. The zero-order valence-corrected chi connectivity index (χ0v) is 11.0. The van der Waals surface area contributed by atoms with Crippen molar-refractivity contribution in [3.63, 3.8) is 0 Å². The van der Waals surface area contributed by atoms with Crippen LogP contribution in [0.5, 0.6) is 0 Å². The van der Waals surface area contributed by atoms with Crippen molar-refractivity contribution < 1.29 is 4.79 Å². The average molecular weight is 267 g/mol. The maximum Gasteiger partial charge on any atom is 0.248 e. The summed E-state index contributed by atoms with van der Waals surface area (Å²) < 4.78 is 0. The van der Waals surface area contributed by atoms with Gasteiger partial charge < -0.3 is 10.6 Å². The van der Waals surface area contributed by atoms with Crippen molar-refractivity contribution >= 4 is 5.91 Å². The lowest BCUT2D eigenvalue weighted by molar-refractivity contribution is 0.100. The fourth-order valence-electron chi connectivity index (χ4n) is 2.62. The molecule has 1 amide bonds. The second kappa shape index (κ2) is 4.17. The van der Waals surface area contributed by atoms with Crippen LogP contribution in [0.25, 0.3) is 0 Å². The van der Waals surface area contributed by atoms with E-state index in [9.17, 15) is 4.79 Å². The number of hydrogen-bond acceptors (Lipinski definition) is 5. The van der Waals surface area contributed by atoms with Crippen LogP contribution in [0, 0.1) is 11.5 Å². The van der Waals surface area contributed by atoms with Gasteiger partial charge >= 0.3 is 0 Å². The highest BCUT2D eigenvalue weighted by Gasteiger charge is 2.42. The zero-order valence-electron chi connectivity index (χ0n) is 11.0. The summed E-state index contributed by atoms with van der Waals surface area (Å²) in [6.45, 7) is 3.04. The molecule has 0 aliphatic carbocycles. The van der Waals surface area contributed by atoms with E-state index >= 15 is 0 Å². The number of azo groups is 1. The van der Waals surface area contributed by atoms with Crippen LogP contribution in [-0.4, -0.2) is 23.9 Å². The molecule has 0 bridgehead atoms. The van der Waals surface area contributed by atoms with E-state index in [4.69, 9.17) is 11.0 Å². The highest BCUT2D eigenvalue weighted by atomic mass is 16.1. The Balaban J connectivity index is 1.96. The maximum atomic E-state index is 11.1. The Bertz CT molecular complexity index is 683. The van der Waals surface area contributed by atoms with Crippen LogP contribution < -0.4 is 5.73 Å². The number of amides is 1. The van der Waals surface area contributed by atoms with Gasteiger partial charge in [0.05, 0.1) is 18.8 Å². The molecule has 3 rings (SSSR count). The number of carbonyl (C=O) groups excluding carboxylic acids is 1. The van der Waals surface area contributed by atoms with E-state index in [1.165, 1.54) is 0 Å². The molecule has 1 unspecified atom stereocenters. The molecule has 2 heterocycles. The Morgan fingerprint density at radius 2 is 2.10 bits per heavy atom. The number of benzene rings is 1. The molecule has 6 nitrogen and oxygen atoms in total. The van der Waals surface area contributed by atoms with Gasteiger partial charge in [0.2, 0.25) is 5.91 Å². The monoisotopic (exact) mass is 267 g/mol. The van der Waals surface area contributed by atoms with Gasteiger partial charge in [0.25, 0.3) is 0 Å². The van der Waals surface area contributed by atoms with E-state index in [0.29, 0.717) is 18.7 Å². The van der Waals surface area contributed by atoms with Gasteiger partial charge in [-0.15, -0.1) is 0 Å². The van der Waals surface area contributed by atoms with Gasteiger partial charge in [-0.1, -0.05) is 12.1 Å². The molecule has 2 N–H and O–H groups in total. The molecular weight excluding hydrogens is 254 g/mol. The van der Waals surface area contributed by atoms with Crippen molar-refractivity contribution in [2.45, 2.75) is 12.5 Å². The van der Waals surface area contributed by atoms with E-state index in [0.717, 1.165) is 16.8 Å². The standard InChI is InChI=1S/C14H13N5O/c1-14(10-4-2-9(3-5-10)13(16)20)11-6-19(8-15)7-12(11)17-18-14/h2-5H,6-7H2,1H3,(H2,16,20).